The number of fused-ring (bicyclic) bond motifs is 2. The van der Waals surface area contributed by atoms with Crippen molar-refractivity contribution in [2.45, 2.75) is 43.8 Å². The predicted octanol–water partition coefficient (Wildman–Crippen LogP) is 2.07. The van der Waals surface area contributed by atoms with Gasteiger partial charge in [-0.2, -0.15) is 0 Å². The molecule has 2 aromatic heterocycles. The molecule has 3 heterocycles. The summed E-state index contributed by atoms with van der Waals surface area (Å²) in [4.78, 5) is 37.6. The first-order valence-corrected chi connectivity index (χ1v) is 12.2. The van der Waals surface area contributed by atoms with Crippen LogP contribution in [-0.4, -0.2) is 67.9 Å². The van der Waals surface area contributed by atoms with Crippen molar-refractivity contribution in [3.05, 3.63) is 72.1 Å². The second kappa shape index (κ2) is 13.4. The summed E-state index contributed by atoms with van der Waals surface area (Å²) in [6.07, 6.45) is 6.10. The van der Waals surface area contributed by atoms with Crippen molar-refractivity contribution in [1.82, 2.24) is 15.3 Å². The van der Waals surface area contributed by atoms with Crippen LogP contribution >= 0.6 is 0 Å². The van der Waals surface area contributed by atoms with Gasteiger partial charge in [-0.25, -0.2) is 0 Å². The minimum absolute atomic E-state index is 0.269. The third-order valence-corrected chi connectivity index (χ3v) is 6.22. The van der Waals surface area contributed by atoms with Crippen molar-refractivity contribution >= 4 is 39.7 Å². The smallest absolute Gasteiger partial charge is 0.320 e. The van der Waals surface area contributed by atoms with Crippen molar-refractivity contribution in [1.29, 1.82) is 0 Å². The van der Waals surface area contributed by atoms with Gasteiger partial charge in [0, 0.05) is 47.0 Å². The van der Waals surface area contributed by atoms with E-state index in [1.165, 1.54) is 0 Å². The van der Waals surface area contributed by atoms with E-state index in [4.69, 9.17) is 26.8 Å². The zero-order chi connectivity index (χ0) is 27.7. The fourth-order valence-electron chi connectivity index (χ4n) is 4.14. The Morgan fingerprint density at radius 2 is 1.24 bits per heavy atom. The Morgan fingerprint density at radius 1 is 0.789 bits per heavy atom. The molecule has 2 aromatic carbocycles. The van der Waals surface area contributed by atoms with Gasteiger partial charge in [-0.05, 0) is 42.6 Å². The van der Waals surface area contributed by atoms with Crippen LogP contribution in [0.5, 0.6) is 0 Å². The van der Waals surface area contributed by atoms with Crippen molar-refractivity contribution in [2.24, 2.45) is 11.5 Å². The highest BCUT2D eigenvalue weighted by Gasteiger charge is 2.20. The lowest BCUT2D eigenvalue weighted by atomic mass is 10.1. The fourth-order valence-corrected chi connectivity index (χ4v) is 4.14. The van der Waals surface area contributed by atoms with Gasteiger partial charge in [0.05, 0.1) is 0 Å². The molecule has 0 spiro atoms. The molecule has 0 aliphatic carbocycles. The predicted molar refractivity (Wildman–Crippen MR) is 144 cm³/mol. The van der Waals surface area contributed by atoms with Crippen LogP contribution in [0.3, 0.4) is 0 Å². The Bertz CT molecular complexity index is 1280. The second-order valence-electron chi connectivity index (χ2n) is 9.00. The molecular formula is C27H33N5O6. The molecule has 1 fully saturated rings. The number of aliphatic carboxylic acids is 3. The second-order valence-corrected chi connectivity index (χ2v) is 9.00. The van der Waals surface area contributed by atoms with Crippen LogP contribution in [0.2, 0.25) is 0 Å². The summed E-state index contributed by atoms with van der Waals surface area (Å²) in [7, 11) is 0. The van der Waals surface area contributed by atoms with E-state index in [0.717, 1.165) is 52.3 Å². The summed E-state index contributed by atoms with van der Waals surface area (Å²) in [5.41, 5.74) is 14.9. The van der Waals surface area contributed by atoms with Gasteiger partial charge < -0.3 is 42.1 Å². The standard InChI is InChI=1S/2C11H12N2O2.C5H9NO2/c2*12-9(11(14)15)5-7-6-13-10-4-2-1-3-8(7)10;7-5(8)4-2-1-3-6-4/h2*1-4,6,9,13H,5,12H2,(H,14,15);4,6H,1-3H2,(H,7,8)/t2*9-;4-/m000/s1. The van der Waals surface area contributed by atoms with Gasteiger partial charge in [-0.1, -0.05) is 36.4 Å². The van der Waals surface area contributed by atoms with Crippen molar-refractivity contribution in [3.8, 4) is 0 Å². The van der Waals surface area contributed by atoms with Gasteiger partial charge >= 0.3 is 17.9 Å². The maximum atomic E-state index is 10.6. The summed E-state index contributed by atoms with van der Waals surface area (Å²) >= 11 is 0. The Morgan fingerprint density at radius 3 is 1.58 bits per heavy atom. The third kappa shape index (κ3) is 7.65. The lowest BCUT2D eigenvalue weighted by Crippen LogP contribution is -2.32. The molecule has 0 amide bonds. The number of benzene rings is 2. The number of aromatic amines is 2. The van der Waals surface area contributed by atoms with E-state index in [2.05, 4.69) is 15.3 Å². The molecule has 4 aromatic rings. The summed E-state index contributed by atoms with van der Waals surface area (Å²) in [5, 5.41) is 30.7. The number of hydrogen-bond acceptors (Lipinski definition) is 6. The molecule has 0 radical (unpaired) electrons. The molecule has 1 aliphatic heterocycles. The first kappa shape index (κ1) is 28.4. The molecule has 1 aliphatic rings. The molecule has 1 saturated heterocycles. The average molecular weight is 524 g/mol. The van der Waals surface area contributed by atoms with Crippen molar-refractivity contribution in [2.75, 3.05) is 6.54 Å². The van der Waals surface area contributed by atoms with E-state index in [-0.39, 0.29) is 6.04 Å². The number of carbonyl (C=O) groups is 3. The number of nitrogens with two attached hydrogens (primary N) is 2. The number of nitrogens with one attached hydrogen (secondary N) is 3. The first-order chi connectivity index (χ1) is 18.2. The monoisotopic (exact) mass is 523 g/mol. The first-order valence-electron chi connectivity index (χ1n) is 12.2. The lowest BCUT2D eigenvalue weighted by molar-refractivity contribution is -0.139. The third-order valence-electron chi connectivity index (χ3n) is 6.22. The quantitative estimate of drug-likeness (QED) is 0.178. The minimum Gasteiger partial charge on any atom is -0.480 e. The number of carboxylic acids is 3. The molecule has 11 nitrogen and oxygen atoms in total. The normalized spacial score (nSPS) is 16.1. The summed E-state index contributed by atoms with van der Waals surface area (Å²) in [6, 6.07) is 13.6. The van der Waals surface area contributed by atoms with E-state index >= 15 is 0 Å². The Balaban J connectivity index is 0.000000166. The van der Waals surface area contributed by atoms with Gasteiger partial charge in [0.1, 0.15) is 18.1 Å². The number of rotatable bonds is 7. The van der Waals surface area contributed by atoms with Gasteiger partial charge in [-0.15, -0.1) is 0 Å². The van der Waals surface area contributed by atoms with Gasteiger partial charge in [-0.3, -0.25) is 14.4 Å². The van der Waals surface area contributed by atoms with Crippen LogP contribution in [0, 0.1) is 0 Å². The fraction of sp³-hybridized carbons (Fsp3) is 0.296. The van der Waals surface area contributed by atoms with E-state index < -0.39 is 30.0 Å². The lowest BCUT2D eigenvalue weighted by Gasteiger charge is -2.04. The maximum Gasteiger partial charge on any atom is 0.320 e. The molecule has 202 valence electrons. The van der Waals surface area contributed by atoms with Gasteiger partial charge in [0.2, 0.25) is 0 Å². The summed E-state index contributed by atoms with van der Waals surface area (Å²) in [6.45, 7) is 0.858. The van der Waals surface area contributed by atoms with E-state index in [0.29, 0.717) is 12.8 Å². The number of aromatic nitrogens is 2. The van der Waals surface area contributed by atoms with E-state index in [9.17, 15) is 14.4 Å². The van der Waals surface area contributed by atoms with Crippen LogP contribution in [-0.2, 0) is 27.2 Å². The van der Waals surface area contributed by atoms with E-state index in [1.807, 2.05) is 60.9 Å². The topological polar surface area (TPSA) is 208 Å². The van der Waals surface area contributed by atoms with E-state index in [1.54, 1.807) is 0 Å². The van der Waals surface area contributed by atoms with Crippen LogP contribution in [0.4, 0.5) is 0 Å². The molecule has 38 heavy (non-hydrogen) atoms. The Kier molecular flexibility index (Phi) is 9.99. The van der Waals surface area contributed by atoms with Crippen molar-refractivity contribution in [3.63, 3.8) is 0 Å². The molecule has 10 N–H and O–H groups in total. The molecule has 3 atom stereocenters. The van der Waals surface area contributed by atoms with Crippen LogP contribution in [0.1, 0.15) is 24.0 Å². The van der Waals surface area contributed by atoms with Crippen LogP contribution < -0.4 is 16.8 Å². The number of hydrogen-bond donors (Lipinski definition) is 8. The number of para-hydroxylation sites is 2. The Hall–Kier alpha value is -4.19. The van der Waals surface area contributed by atoms with Crippen LogP contribution in [0.25, 0.3) is 21.8 Å². The highest BCUT2D eigenvalue weighted by Crippen LogP contribution is 2.19. The Labute approximate surface area is 218 Å². The molecule has 5 rings (SSSR count). The number of H-pyrrole nitrogens is 2. The average Bonchev–Trinajstić information content (AvgIpc) is 3.66. The molecule has 0 unspecified atom stereocenters. The summed E-state index contributed by atoms with van der Waals surface area (Å²) < 4.78 is 0. The molecule has 0 bridgehead atoms. The molecule has 0 saturated carbocycles. The number of carboxylic acid groups (broad SMARTS) is 3. The summed E-state index contributed by atoms with van der Waals surface area (Å²) in [5.74, 6) is -2.66. The minimum atomic E-state index is -0.972. The van der Waals surface area contributed by atoms with Crippen LogP contribution in [0.15, 0.2) is 60.9 Å². The maximum absolute atomic E-state index is 10.6. The molecular weight excluding hydrogens is 490 g/mol. The largest absolute Gasteiger partial charge is 0.480 e. The molecule has 11 heteroatoms. The highest BCUT2D eigenvalue weighted by atomic mass is 16.4. The van der Waals surface area contributed by atoms with Gasteiger partial charge in [0.25, 0.3) is 0 Å². The van der Waals surface area contributed by atoms with Crippen molar-refractivity contribution < 1.29 is 29.7 Å². The zero-order valence-corrected chi connectivity index (χ0v) is 20.8. The SMILES string of the molecule is N[C@@H](Cc1c[nH]c2ccccc12)C(=O)O.N[C@@H](Cc1c[nH]c2ccccc12)C(=O)O.O=C(O)[C@@H]1CCCN1. The zero-order valence-electron chi connectivity index (χ0n) is 20.8. The van der Waals surface area contributed by atoms with Gasteiger partial charge in [0.15, 0.2) is 0 Å². The highest BCUT2D eigenvalue weighted by molar-refractivity contribution is 5.85.